The van der Waals surface area contributed by atoms with Crippen molar-refractivity contribution in [2.24, 2.45) is 5.41 Å². The average Bonchev–Trinajstić information content (AvgIpc) is 2.41. The highest BCUT2D eigenvalue weighted by molar-refractivity contribution is 6.05. The Labute approximate surface area is 137 Å². The summed E-state index contributed by atoms with van der Waals surface area (Å²) in [5.74, 6) is -0.928. The fourth-order valence-corrected chi connectivity index (χ4v) is 2.79. The molecule has 2 aromatic carbocycles. The summed E-state index contributed by atoms with van der Waals surface area (Å²) in [5.41, 5.74) is 4.26. The Balaban J connectivity index is 2.27. The Hall–Kier alpha value is -2.16. The zero-order chi connectivity index (χ0) is 17.2. The minimum Gasteiger partial charge on any atom is -0.321 e. The molecule has 23 heavy (non-hydrogen) atoms. The molecule has 0 radical (unpaired) electrons. The molecule has 0 aromatic heterocycles. The van der Waals surface area contributed by atoms with Gasteiger partial charge < -0.3 is 5.32 Å². The Morgan fingerprint density at radius 2 is 1.65 bits per heavy atom. The maximum absolute atomic E-state index is 13.7. The zero-order valence-corrected chi connectivity index (χ0v) is 14.5. The van der Waals surface area contributed by atoms with E-state index in [4.69, 9.17) is 0 Å². The Morgan fingerprint density at radius 3 is 2.17 bits per heavy atom. The molecule has 122 valence electrons. The molecule has 0 fully saturated rings. The smallest absolute Gasteiger partial charge is 0.258 e. The average molecular weight is 313 g/mol. The summed E-state index contributed by atoms with van der Waals surface area (Å²) in [6.07, 6.45) is 0.968. The van der Waals surface area contributed by atoms with Gasteiger partial charge in [0.05, 0.1) is 5.56 Å². The van der Waals surface area contributed by atoms with E-state index in [1.807, 2.05) is 13.8 Å². The number of rotatable bonds is 3. The van der Waals surface area contributed by atoms with Crippen molar-refractivity contribution in [1.29, 1.82) is 0 Å². The molecule has 0 aliphatic heterocycles. The number of aryl methyl sites for hydroxylation is 2. The first-order valence-electron chi connectivity index (χ1n) is 7.83. The maximum Gasteiger partial charge on any atom is 0.258 e. The third-order valence-corrected chi connectivity index (χ3v) is 3.68. The second-order valence-electron chi connectivity index (χ2n) is 7.28. The number of hydrogen-bond donors (Lipinski definition) is 1. The summed E-state index contributed by atoms with van der Waals surface area (Å²) < 4.78 is 13.7. The minimum atomic E-state index is -0.510. The van der Waals surface area contributed by atoms with Gasteiger partial charge in [0.25, 0.3) is 5.91 Å². The van der Waals surface area contributed by atoms with Gasteiger partial charge in [0, 0.05) is 5.69 Å². The number of carbonyl (C=O) groups is 1. The van der Waals surface area contributed by atoms with E-state index in [0.29, 0.717) is 0 Å². The van der Waals surface area contributed by atoms with Crippen LogP contribution in [-0.2, 0) is 6.42 Å². The van der Waals surface area contributed by atoms with Crippen LogP contribution in [0.3, 0.4) is 0 Å². The zero-order valence-electron chi connectivity index (χ0n) is 14.5. The van der Waals surface area contributed by atoms with Crippen LogP contribution in [0.25, 0.3) is 0 Å². The van der Waals surface area contributed by atoms with Crippen molar-refractivity contribution >= 4 is 11.6 Å². The molecule has 0 heterocycles. The molecule has 2 nitrogen and oxygen atoms in total. The third kappa shape index (κ3) is 4.41. The standard InChI is InChI=1S/C20H24FNO/c1-13-10-15(12-20(3,4)5)11-14(2)18(13)22-19(23)16-8-6-7-9-17(16)21/h6-11H,12H2,1-5H3,(H,22,23). The number of nitrogens with one attached hydrogen (secondary N) is 1. The molecule has 1 N–H and O–H groups in total. The fraction of sp³-hybridized carbons (Fsp3) is 0.350. The van der Waals surface area contributed by atoms with Gasteiger partial charge in [-0.25, -0.2) is 4.39 Å². The molecule has 0 aliphatic carbocycles. The summed E-state index contributed by atoms with van der Waals surface area (Å²) in [6.45, 7) is 10.5. The second-order valence-corrected chi connectivity index (χ2v) is 7.28. The largest absolute Gasteiger partial charge is 0.321 e. The molecular weight excluding hydrogens is 289 g/mol. The molecule has 0 unspecified atom stereocenters. The van der Waals surface area contributed by atoms with Gasteiger partial charge in [0.1, 0.15) is 5.82 Å². The van der Waals surface area contributed by atoms with Crippen molar-refractivity contribution in [1.82, 2.24) is 0 Å². The molecule has 0 bridgehead atoms. The minimum absolute atomic E-state index is 0.0602. The van der Waals surface area contributed by atoms with E-state index in [1.165, 1.54) is 17.7 Å². The van der Waals surface area contributed by atoms with Gasteiger partial charge >= 0.3 is 0 Å². The van der Waals surface area contributed by atoms with Gasteiger partial charge in [-0.2, -0.15) is 0 Å². The van der Waals surface area contributed by atoms with Gasteiger partial charge in [-0.3, -0.25) is 4.79 Å². The Morgan fingerprint density at radius 1 is 1.09 bits per heavy atom. The molecule has 0 saturated carbocycles. The van der Waals surface area contributed by atoms with E-state index in [-0.39, 0.29) is 11.0 Å². The molecular formula is C20H24FNO. The Kier molecular flexibility index (Phi) is 4.88. The quantitative estimate of drug-likeness (QED) is 0.820. The van der Waals surface area contributed by atoms with Gasteiger partial charge in [0.2, 0.25) is 0 Å². The van der Waals surface area contributed by atoms with Crippen LogP contribution in [-0.4, -0.2) is 5.91 Å². The van der Waals surface area contributed by atoms with Crippen molar-refractivity contribution in [2.45, 2.75) is 41.0 Å². The lowest BCUT2D eigenvalue weighted by Crippen LogP contribution is -2.16. The normalized spacial score (nSPS) is 11.4. The second kappa shape index (κ2) is 6.53. The first-order valence-corrected chi connectivity index (χ1v) is 7.83. The van der Waals surface area contributed by atoms with Crippen LogP contribution in [0, 0.1) is 25.1 Å². The van der Waals surface area contributed by atoms with Crippen LogP contribution >= 0.6 is 0 Å². The molecule has 1 amide bonds. The predicted octanol–water partition coefficient (Wildman–Crippen LogP) is 5.28. The van der Waals surface area contributed by atoms with Crippen LogP contribution in [0.2, 0.25) is 0 Å². The van der Waals surface area contributed by atoms with E-state index < -0.39 is 11.7 Å². The molecule has 0 saturated heterocycles. The Bertz CT molecular complexity index is 706. The first-order chi connectivity index (χ1) is 10.7. The van der Waals surface area contributed by atoms with Crippen molar-refractivity contribution in [3.05, 3.63) is 64.5 Å². The van der Waals surface area contributed by atoms with E-state index in [9.17, 15) is 9.18 Å². The third-order valence-electron chi connectivity index (χ3n) is 3.68. The van der Waals surface area contributed by atoms with Crippen LogP contribution in [0.5, 0.6) is 0 Å². The molecule has 0 spiro atoms. The van der Waals surface area contributed by atoms with Crippen LogP contribution in [0.15, 0.2) is 36.4 Å². The number of anilines is 1. The number of hydrogen-bond acceptors (Lipinski definition) is 1. The fourth-order valence-electron chi connectivity index (χ4n) is 2.79. The lowest BCUT2D eigenvalue weighted by molar-refractivity contribution is 0.102. The summed E-state index contributed by atoms with van der Waals surface area (Å²) in [6, 6.07) is 10.2. The predicted molar refractivity (Wildman–Crippen MR) is 93.4 cm³/mol. The molecule has 2 rings (SSSR count). The monoisotopic (exact) mass is 313 g/mol. The topological polar surface area (TPSA) is 29.1 Å². The van der Waals surface area contributed by atoms with Gasteiger partial charge in [-0.15, -0.1) is 0 Å². The molecule has 3 heteroatoms. The lowest BCUT2D eigenvalue weighted by atomic mass is 9.87. The van der Waals surface area contributed by atoms with Crippen LogP contribution in [0.1, 0.15) is 47.8 Å². The van der Waals surface area contributed by atoms with Crippen molar-refractivity contribution in [3.63, 3.8) is 0 Å². The van der Waals surface area contributed by atoms with Gasteiger partial charge in [0.15, 0.2) is 0 Å². The van der Waals surface area contributed by atoms with E-state index in [0.717, 1.165) is 23.2 Å². The summed E-state index contributed by atoms with van der Waals surface area (Å²) in [7, 11) is 0. The SMILES string of the molecule is Cc1cc(CC(C)(C)C)cc(C)c1NC(=O)c1ccccc1F. The molecule has 2 aromatic rings. The van der Waals surface area contributed by atoms with Crippen molar-refractivity contribution in [2.75, 3.05) is 5.32 Å². The lowest BCUT2D eigenvalue weighted by Gasteiger charge is -2.20. The van der Waals surface area contributed by atoms with Crippen LogP contribution in [0.4, 0.5) is 10.1 Å². The number of benzene rings is 2. The highest BCUT2D eigenvalue weighted by atomic mass is 19.1. The highest BCUT2D eigenvalue weighted by Crippen LogP contribution is 2.27. The van der Waals surface area contributed by atoms with Gasteiger partial charge in [-0.1, -0.05) is 45.0 Å². The van der Waals surface area contributed by atoms with Gasteiger partial charge in [-0.05, 0) is 54.5 Å². The first kappa shape index (κ1) is 17.2. The summed E-state index contributed by atoms with van der Waals surface area (Å²) in [4.78, 5) is 12.3. The number of carbonyl (C=O) groups excluding carboxylic acids is 1. The van der Waals surface area contributed by atoms with E-state index >= 15 is 0 Å². The molecule has 0 atom stereocenters. The van der Waals surface area contributed by atoms with Crippen LogP contribution < -0.4 is 5.32 Å². The molecule has 0 aliphatic rings. The van der Waals surface area contributed by atoms with Crippen molar-refractivity contribution < 1.29 is 9.18 Å². The maximum atomic E-state index is 13.7. The number of amides is 1. The van der Waals surface area contributed by atoms with E-state index in [2.05, 4.69) is 38.2 Å². The van der Waals surface area contributed by atoms with E-state index in [1.54, 1.807) is 12.1 Å². The summed E-state index contributed by atoms with van der Waals surface area (Å²) in [5, 5.41) is 2.85. The highest BCUT2D eigenvalue weighted by Gasteiger charge is 2.16. The summed E-state index contributed by atoms with van der Waals surface area (Å²) >= 11 is 0. The van der Waals surface area contributed by atoms with Crippen molar-refractivity contribution in [3.8, 4) is 0 Å². The number of halogens is 1.